The van der Waals surface area contributed by atoms with Crippen LogP contribution in [0.4, 0.5) is 13.2 Å². The van der Waals surface area contributed by atoms with E-state index in [2.05, 4.69) is 6.07 Å². The summed E-state index contributed by atoms with van der Waals surface area (Å²) in [5.41, 5.74) is 1.52. The molecule has 0 saturated heterocycles. The number of thiophene rings is 1. The average molecular weight is 399 g/mol. The van der Waals surface area contributed by atoms with Gasteiger partial charge in [0.25, 0.3) is 0 Å². The van der Waals surface area contributed by atoms with Gasteiger partial charge in [0.15, 0.2) is 0 Å². The summed E-state index contributed by atoms with van der Waals surface area (Å²) in [6.07, 6.45) is -3.19. The van der Waals surface area contributed by atoms with E-state index in [4.69, 9.17) is 0 Å². The summed E-state index contributed by atoms with van der Waals surface area (Å²) in [6.45, 7) is 0. The molecule has 0 aliphatic heterocycles. The minimum atomic E-state index is -4.64. The molecule has 1 unspecified atom stereocenters. The largest absolute Gasteiger partial charge is 0.508 e. The van der Waals surface area contributed by atoms with Gasteiger partial charge in [-0.15, -0.1) is 0 Å². The Hall–Kier alpha value is -3.24. The maximum atomic E-state index is 13.6. The van der Waals surface area contributed by atoms with E-state index in [0.717, 1.165) is 0 Å². The number of rotatable bonds is 2. The van der Waals surface area contributed by atoms with Crippen molar-refractivity contribution in [2.75, 3.05) is 0 Å². The van der Waals surface area contributed by atoms with Gasteiger partial charge in [-0.3, -0.25) is 0 Å². The molecule has 0 fully saturated rings. The van der Waals surface area contributed by atoms with Crippen LogP contribution in [0.15, 0.2) is 47.2 Å². The van der Waals surface area contributed by atoms with Crippen LogP contribution in [0.2, 0.25) is 0 Å². The number of nitrogens with zero attached hydrogens (tertiary/aromatic N) is 1. The first kappa shape index (κ1) is 18.1. The normalized spacial score (nSPS) is 15.8. The highest BCUT2D eigenvalue weighted by Crippen LogP contribution is 2.51. The molecule has 0 spiro atoms. The fourth-order valence-electron chi connectivity index (χ4n) is 3.56. The van der Waals surface area contributed by atoms with E-state index in [1.807, 2.05) is 0 Å². The van der Waals surface area contributed by atoms with Gasteiger partial charge in [-0.05, 0) is 63.5 Å². The second-order valence-corrected chi connectivity index (χ2v) is 7.17. The molecule has 1 aliphatic rings. The maximum Gasteiger partial charge on any atom is 0.417 e. The monoisotopic (exact) mass is 399 g/mol. The first-order chi connectivity index (χ1) is 13.3. The molecule has 2 aromatic carbocycles. The lowest BCUT2D eigenvalue weighted by Crippen LogP contribution is -2.09. The number of halogens is 3. The Balaban J connectivity index is 2.01. The van der Waals surface area contributed by atoms with E-state index in [1.54, 1.807) is 22.9 Å². The molecule has 1 atom stereocenters. The number of phenolic OH excluding ortho intramolecular Hbond substituents is 2. The Labute approximate surface area is 162 Å². The summed E-state index contributed by atoms with van der Waals surface area (Å²) in [7, 11) is 0. The number of phenols is 2. The molecule has 0 radical (unpaired) electrons. The predicted octanol–water partition coefficient (Wildman–Crippen LogP) is 5.74. The molecular weight excluding hydrogens is 387 g/mol. The molecule has 7 heteroatoms. The lowest BCUT2D eigenvalue weighted by Gasteiger charge is -2.19. The van der Waals surface area contributed by atoms with Crippen LogP contribution in [0.1, 0.15) is 39.3 Å². The Morgan fingerprint density at radius 2 is 1.68 bits per heavy atom. The van der Waals surface area contributed by atoms with Crippen LogP contribution >= 0.6 is 11.3 Å². The van der Waals surface area contributed by atoms with Gasteiger partial charge in [-0.25, -0.2) is 0 Å². The van der Waals surface area contributed by atoms with Gasteiger partial charge in [-0.2, -0.15) is 29.8 Å². The minimum Gasteiger partial charge on any atom is -0.508 e. The molecule has 3 aromatic rings. The van der Waals surface area contributed by atoms with Crippen molar-refractivity contribution >= 4 is 23.0 Å². The van der Waals surface area contributed by atoms with Gasteiger partial charge >= 0.3 is 6.18 Å². The second kappa shape index (κ2) is 6.43. The molecule has 1 aromatic heterocycles. The van der Waals surface area contributed by atoms with Crippen LogP contribution in [-0.4, -0.2) is 10.2 Å². The van der Waals surface area contributed by atoms with Gasteiger partial charge in [0, 0.05) is 11.3 Å². The third-order valence-electron chi connectivity index (χ3n) is 4.75. The third-order valence-corrected chi connectivity index (χ3v) is 5.51. The molecular formula is C21H12F3NO2S. The molecule has 0 amide bonds. The number of fused-ring (bicyclic) bond motifs is 1. The van der Waals surface area contributed by atoms with E-state index in [-0.39, 0.29) is 11.3 Å². The average Bonchev–Trinajstić information content (AvgIpc) is 3.24. The SMILES string of the molecule is N#Cc1cscc1C1C(c2ccc(O)cc2)=Cc2c1cc(O)cc2C(F)(F)F. The smallest absolute Gasteiger partial charge is 0.417 e. The van der Waals surface area contributed by atoms with Crippen LogP contribution in [0.25, 0.3) is 11.6 Å². The third kappa shape index (κ3) is 2.92. The highest BCUT2D eigenvalue weighted by molar-refractivity contribution is 7.08. The zero-order chi connectivity index (χ0) is 20.1. The van der Waals surface area contributed by atoms with Crippen molar-refractivity contribution in [1.82, 2.24) is 0 Å². The maximum absolute atomic E-state index is 13.6. The number of alkyl halides is 3. The molecule has 0 saturated carbocycles. The minimum absolute atomic E-state index is 0.0199. The van der Waals surface area contributed by atoms with Crippen LogP contribution in [0, 0.1) is 11.3 Å². The van der Waals surface area contributed by atoms with Crippen molar-refractivity contribution in [3.63, 3.8) is 0 Å². The molecule has 0 bridgehead atoms. The second-order valence-electron chi connectivity index (χ2n) is 6.43. The summed E-state index contributed by atoms with van der Waals surface area (Å²) >= 11 is 1.29. The van der Waals surface area contributed by atoms with Crippen LogP contribution in [0.3, 0.4) is 0 Å². The summed E-state index contributed by atoms with van der Waals surface area (Å²) in [5, 5.41) is 32.3. The van der Waals surface area contributed by atoms with E-state index in [9.17, 15) is 28.6 Å². The Kier molecular flexibility index (Phi) is 4.16. The highest BCUT2D eigenvalue weighted by atomic mass is 32.1. The Morgan fingerprint density at radius 1 is 0.964 bits per heavy atom. The number of aromatic hydroxyl groups is 2. The van der Waals surface area contributed by atoms with Crippen LogP contribution in [0.5, 0.6) is 11.5 Å². The van der Waals surface area contributed by atoms with Gasteiger partial charge in [-0.1, -0.05) is 12.1 Å². The molecule has 2 N–H and O–H groups in total. The Bertz CT molecular complexity index is 1140. The van der Waals surface area contributed by atoms with Crippen molar-refractivity contribution < 1.29 is 23.4 Å². The zero-order valence-electron chi connectivity index (χ0n) is 14.2. The molecule has 1 aliphatic carbocycles. The summed E-state index contributed by atoms with van der Waals surface area (Å²) in [4.78, 5) is 0. The number of nitriles is 1. The van der Waals surface area contributed by atoms with E-state index in [0.29, 0.717) is 33.9 Å². The quantitative estimate of drug-likeness (QED) is 0.578. The first-order valence-electron chi connectivity index (χ1n) is 8.21. The number of hydrogen-bond donors (Lipinski definition) is 2. The number of allylic oxidation sites excluding steroid dienone is 1. The van der Waals surface area contributed by atoms with Crippen molar-refractivity contribution in [2.24, 2.45) is 0 Å². The van der Waals surface area contributed by atoms with Gasteiger partial charge in [0.05, 0.1) is 11.1 Å². The topological polar surface area (TPSA) is 64.2 Å². The standard InChI is InChI=1S/C21H12F3NO2S/c22-21(23,24)19-6-14(27)5-17-16(19)7-15(11-1-3-13(26)4-2-11)20(17)18-10-28-9-12(18)8-25/h1-7,9-10,20,26-27H. The van der Waals surface area contributed by atoms with Crippen LogP contribution < -0.4 is 0 Å². The van der Waals surface area contributed by atoms with Crippen molar-refractivity contribution in [3.05, 3.63) is 80.5 Å². The molecule has 28 heavy (non-hydrogen) atoms. The van der Waals surface area contributed by atoms with E-state index in [1.165, 1.54) is 35.6 Å². The van der Waals surface area contributed by atoms with E-state index < -0.39 is 23.4 Å². The number of benzene rings is 2. The fraction of sp³-hybridized carbons (Fsp3) is 0.0952. The Morgan fingerprint density at radius 3 is 2.32 bits per heavy atom. The highest BCUT2D eigenvalue weighted by Gasteiger charge is 2.39. The van der Waals surface area contributed by atoms with E-state index >= 15 is 0 Å². The van der Waals surface area contributed by atoms with Crippen LogP contribution in [-0.2, 0) is 6.18 Å². The van der Waals surface area contributed by atoms with Crippen molar-refractivity contribution in [1.29, 1.82) is 5.26 Å². The zero-order valence-corrected chi connectivity index (χ0v) is 15.0. The van der Waals surface area contributed by atoms with Crippen molar-refractivity contribution in [3.8, 4) is 17.6 Å². The number of hydrogen-bond acceptors (Lipinski definition) is 4. The molecule has 3 nitrogen and oxygen atoms in total. The lowest BCUT2D eigenvalue weighted by molar-refractivity contribution is -0.137. The van der Waals surface area contributed by atoms with Crippen molar-refractivity contribution in [2.45, 2.75) is 12.1 Å². The lowest BCUT2D eigenvalue weighted by atomic mass is 9.84. The first-order valence-corrected chi connectivity index (χ1v) is 9.15. The summed E-state index contributed by atoms with van der Waals surface area (Å²) in [5.74, 6) is -1.07. The molecule has 140 valence electrons. The molecule has 4 rings (SSSR count). The van der Waals surface area contributed by atoms with Gasteiger partial charge in [0.2, 0.25) is 0 Å². The predicted molar refractivity (Wildman–Crippen MR) is 100.0 cm³/mol. The molecule has 1 heterocycles. The van der Waals surface area contributed by atoms with Gasteiger partial charge in [0.1, 0.15) is 17.6 Å². The summed E-state index contributed by atoms with van der Waals surface area (Å²) in [6, 6.07) is 10.3. The summed E-state index contributed by atoms with van der Waals surface area (Å²) < 4.78 is 40.8. The fourth-order valence-corrected chi connectivity index (χ4v) is 4.36. The van der Waals surface area contributed by atoms with Gasteiger partial charge < -0.3 is 10.2 Å².